The lowest BCUT2D eigenvalue weighted by Gasteiger charge is -2.33. The normalized spacial score (nSPS) is 21.8. The van der Waals surface area contributed by atoms with Crippen LogP contribution in [0.5, 0.6) is 5.75 Å². The van der Waals surface area contributed by atoms with E-state index in [0.717, 1.165) is 39.2 Å². The third kappa shape index (κ3) is 4.20. The van der Waals surface area contributed by atoms with Crippen LogP contribution < -0.4 is 5.32 Å². The van der Waals surface area contributed by atoms with E-state index in [-0.39, 0.29) is 6.10 Å². The standard InChI is InChI=1S/C16H26N2O2/c1-3-16(13-5-7-14(19)8-6-13)17-11-15-12-18(4-2)9-10-20-15/h5-8,15-17,19H,3-4,9-12H2,1-2H3. The van der Waals surface area contributed by atoms with Gasteiger partial charge in [0.25, 0.3) is 0 Å². The van der Waals surface area contributed by atoms with Gasteiger partial charge < -0.3 is 15.2 Å². The van der Waals surface area contributed by atoms with Crippen LogP contribution in [0.15, 0.2) is 24.3 Å². The number of aromatic hydroxyl groups is 1. The number of phenolic OH excluding ortho intramolecular Hbond substituents is 1. The van der Waals surface area contributed by atoms with Crippen molar-refractivity contribution in [2.75, 3.05) is 32.8 Å². The highest BCUT2D eigenvalue weighted by Crippen LogP contribution is 2.19. The van der Waals surface area contributed by atoms with Crippen molar-refractivity contribution in [2.45, 2.75) is 32.4 Å². The Bertz CT molecular complexity index is 394. The van der Waals surface area contributed by atoms with E-state index in [4.69, 9.17) is 4.74 Å². The number of ether oxygens (including phenoxy) is 1. The molecule has 1 saturated heterocycles. The highest BCUT2D eigenvalue weighted by Gasteiger charge is 2.20. The summed E-state index contributed by atoms with van der Waals surface area (Å²) in [5, 5.41) is 12.9. The molecule has 4 heteroatoms. The lowest BCUT2D eigenvalue weighted by molar-refractivity contribution is -0.0264. The molecule has 20 heavy (non-hydrogen) atoms. The molecule has 0 aromatic heterocycles. The molecule has 1 fully saturated rings. The van der Waals surface area contributed by atoms with Crippen LogP contribution in [0.3, 0.4) is 0 Å². The topological polar surface area (TPSA) is 44.7 Å². The molecule has 0 spiro atoms. The number of phenols is 1. The highest BCUT2D eigenvalue weighted by molar-refractivity contribution is 5.27. The summed E-state index contributed by atoms with van der Waals surface area (Å²) in [5.41, 5.74) is 1.22. The number of rotatable bonds is 6. The third-order valence-electron chi connectivity index (χ3n) is 3.97. The molecule has 2 atom stereocenters. The van der Waals surface area contributed by atoms with Gasteiger partial charge in [0.1, 0.15) is 5.75 Å². The van der Waals surface area contributed by atoms with E-state index in [0.29, 0.717) is 11.8 Å². The minimum Gasteiger partial charge on any atom is -0.508 e. The predicted molar refractivity (Wildman–Crippen MR) is 81.0 cm³/mol. The van der Waals surface area contributed by atoms with Crippen LogP contribution in [0.4, 0.5) is 0 Å². The van der Waals surface area contributed by atoms with E-state index in [1.807, 2.05) is 12.1 Å². The number of benzene rings is 1. The van der Waals surface area contributed by atoms with Gasteiger partial charge >= 0.3 is 0 Å². The largest absolute Gasteiger partial charge is 0.508 e. The van der Waals surface area contributed by atoms with Gasteiger partial charge in [0.05, 0.1) is 12.7 Å². The molecule has 1 aliphatic heterocycles. The molecule has 0 bridgehead atoms. The average Bonchev–Trinajstić information content (AvgIpc) is 2.50. The van der Waals surface area contributed by atoms with Crippen LogP contribution in [0, 0.1) is 0 Å². The summed E-state index contributed by atoms with van der Waals surface area (Å²) in [6.07, 6.45) is 1.30. The van der Waals surface area contributed by atoms with E-state index in [1.165, 1.54) is 5.56 Å². The molecule has 0 aliphatic carbocycles. The predicted octanol–water partition coefficient (Wildman–Crippen LogP) is 2.15. The summed E-state index contributed by atoms with van der Waals surface area (Å²) in [5.74, 6) is 0.317. The zero-order chi connectivity index (χ0) is 14.4. The van der Waals surface area contributed by atoms with Crippen LogP contribution in [-0.2, 0) is 4.74 Å². The summed E-state index contributed by atoms with van der Waals surface area (Å²) in [6.45, 7) is 9.21. The van der Waals surface area contributed by atoms with Crippen LogP contribution in [0.25, 0.3) is 0 Å². The number of nitrogens with one attached hydrogen (secondary N) is 1. The molecule has 2 N–H and O–H groups in total. The van der Waals surface area contributed by atoms with Gasteiger partial charge in [-0.1, -0.05) is 26.0 Å². The summed E-state index contributed by atoms with van der Waals surface area (Å²) in [6, 6.07) is 7.77. The Labute approximate surface area is 121 Å². The minimum atomic E-state index is 0.273. The van der Waals surface area contributed by atoms with Crippen LogP contribution in [0.2, 0.25) is 0 Å². The second kappa shape index (κ2) is 7.62. The smallest absolute Gasteiger partial charge is 0.115 e. The second-order valence-corrected chi connectivity index (χ2v) is 5.35. The van der Waals surface area contributed by atoms with Gasteiger partial charge in [0, 0.05) is 25.7 Å². The van der Waals surface area contributed by atoms with Gasteiger partial charge in [-0.2, -0.15) is 0 Å². The van der Waals surface area contributed by atoms with Crippen molar-refractivity contribution in [2.24, 2.45) is 0 Å². The first kappa shape index (κ1) is 15.3. The Morgan fingerprint density at radius 1 is 1.35 bits per heavy atom. The fourth-order valence-electron chi connectivity index (χ4n) is 2.67. The molecule has 0 saturated carbocycles. The van der Waals surface area contributed by atoms with Crippen molar-refractivity contribution in [1.29, 1.82) is 0 Å². The fourth-order valence-corrected chi connectivity index (χ4v) is 2.67. The summed E-state index contributed by atoms with van der Waals surface area (Å²) in [7, 11) is 0. The monoisotopic (exact) mass is 278 g/mol. The number of morpholine rings is 1. The van der Waals surface area contributed by atoms with Gasteiger partial charge in [-0.15, -0.1) is 0 Å². The number of hydrogen-bond acceptors (Lipinski definition) is 4. The van der Waals surface area contributed by atoms with Crippen molar-refractivity contribution < 1.29 is 9.84 Å². The summed E-state index contributed by atoms with van der Waals surface area (Å²) in [4.78, 5) is 2.43. The molecule has 1 aromatic rings. The van der Waals surface area contributed by atoms with E-state index in [2.05, 4.69) is 24.1 Å². The lowest BCUT2D eigenvalue weighted by Crippen LogP contribution is -2.46. The Morgan fingerprint density at radius 3 is 2.75 bits per heavy atom. The maximum absolute atomic E-state index is 9.36. The number of nitrogens with zero attached hydrogens (tertiary/aromatic N) is 1. The van der Waals surface area contributed by atoms with Crippen LogP contribution in [0.1, 0.15) is 31.9 Å². The first-order chi connectivity index (χ1) is 9.72. The van der Waals surface area contributed by atoms with E-state index < -0.39 is 0 Å². The van der Waals surface area contributed by atoms with E-state index >= 15 is 0 Å². The first-order valence-electron chi connectivity index (χ1n) is 7.59. The first-order valence-corrected chi connectivity index (χ1v) is 7.59. The second-order valence-electron chi connectivity index (χ2n) is 5.35. The van der Waals surface area contributed by atoms with Crippen molar-refractivity contribution in [3.63, 3.8) is 0 Å². The van der Waals surface area contributed by atoms with Gasteiger partial charge in [0.2, 0.25) is 0 Å². The zero-order valence-corrected chi connectivity index (χ0v) is 12.5. The lowest BCUT2D eigenvalue weighted by atomic mass is 10.0. The van der Waals surface area contributed by atoms with Crippen molar-refractivity contribution in [3.8, 4) is 5.75 Å². The number of likely N-dealkylation sites (N-methyl/N-ethyl adjacent to an activating group) is 1. The van der Waals surface area contributed by atoms with Crippen LogP contribution in [-0.4, -0.2) is 48.9 Å². The van der Waals surface area contributed by atoms with E-state index in [1.54, 1.807) is 12.1 Å². The maximum atomic E-state index is 9.36. The SMILES string of the molecule is CCC(NCC1CN(CC)CCO1)c1ccc(O)cc1. The molecule has 0 amide bonds. The third-order valence-corrected chi connectivity index (χ3v) is 3.97. The molecule has 1 aliphatic rings. The van der Waals surface area contributed by atoms with Gasteiger partial charge in [-0.05, 0) is 30.7 Å². The van der Waals surface area contributed by atoms with Gasteiger partial charge in [-0.25, -0.2) is 0 Å². The Morgan fingerprint density at radius 2 is 2.10 bits per heavy atom. The van der Waals surface area contributed by atoms with Gasteiger partial charge in [0.15, 0.2) is 0 Å². The van der Waals surface area contributed by atoms with Gasteiger partial charge in [-0.3, -0.25) is 4.90 Å². The zero-order valence-electron chi connectivity index (χ0n) is 12.5. The molecule has 112 valence electrons. The molecule has 2 unspecified atom stereocenters. The highest BCUT2D eigenvalue weighted by atomic mass is 16.5. The molecular formula is C16H26N2O2. The molecule has 4 nitrogen and oxygen atoms in total. The van der Waals surface area contributed by atoms with Crippen LogP contribution >= 0.6 is 0 Å². The Kier molecular flexibility index (Phi) is 5.83. The Balaban J connectivity index is 1.85. The molecular weight excluding hydrogens is 252 g/mol. The molecule has 1 aromatic carbocycles. The number of hydrogen-bond donors (Lipinski definition) is 2. The van der Waals surface area contributed by atoms with E-state index in [9.17, 15) is 5.11 Å². The van der Waals surface area contributed by atoms with Crippen molar-refractivity contribution in [3.05, 3.63) is 29.8 Å². The quantitative estimate of drug-likeness (QED) is 0.837. The molecule has 1 heterocycles. The molecule has 0 radical (unpaired) electrons. The van der Waals surface area contributed by atoms with Crippen molar-refractivity contribution >= 4 is 0 Å². The summed E-state index contributed by atoms with van der Waals surface area (Å²) < 4.78 is 5.82. The fraction of sp³-hybridized carbons (Fsp3) is 0.625. The summed E-state index contributed by atoms with van der Waals surface area (Å²) >= 11 is 0. The average molecular weight is 278 g/mol. The molecule has 2 rings (SSSR count). The Hall–Kier alpha value is -1.10. The minimum absolute atomic E-state index is 0.273. The van der Waals surface area contributed by atoms with Crippen molar-refractivity contribution in [1.82, 2.24) is 10.2 Å². The maximum Gasteiger partial charge on any atom is 0.115 e.